The molecule has 1 atom stereocenters. The van der Waals surface area contributed by atoms with Crippen LogP contribution in [-0.2, 0) is 0 Å². The molecule has 0 radical (unpaired) electrons. The molecule has 0 heterocycles. The van der Waals surface area contributed by atoms with Crippen LogP contribution in [-0.4, -0.2) is 6.61 Å². The lowest BCUT2D eigenvalue weighted by Crippen LogP contribution is -2.06. The first-order valence-corrected chi connectivity index (χ1v) is 7.33. The number of halogens is 1. The van der Waals surface area contributed by atoms with E-state index in [9.17, 15) is 4.39 Å². The van der Waals surface area contributed by atoms with Gasteiger partial charge in [-0.15, -0.1) is 0 Å². The Morgan fingerprint density at radius 1 is 1.16 bits per heavy atom. The van der Waals surface area contributed by atoms with E-state index in [1.54, 1.807) is 6.07 Å². The Labute approximate surface area is 116 Å². The SMILES string of the molecule is CCCCCCCCOc1ccc(C(C)N)cc1F. The summed E-state index contributed by atoms with van der Waals surface area (Å²) in [5.41, 5.74) is 6.50. The van der Waals surface area contributed by atoms with Crippen LogP contribution < -0.4 is 10.5 Å². The third kappa shape index (κ3) is 6.06. The van der Waals surface area contributed by atoms with E-state index in [-0.39, 0.29) is 11.9 Å². The minimum absolute atomic E-state index is 0.151. The van der Waals surface area contributed by atoms with Gasteiger partial charge in [0.15, 0.2) is 11.6 Å². The van der Waals surface area contributed by atoms with E-state index in [2.05, 4.69) is 6.92 Å². The molecule has 0 saturated heterocycles. The highest BCUT2D eigenvalue weighted by atomic mass is 19.1. The quantitative estimate of drug-likeness (QED) is 0.664. The molecule has 19 heavy (non-hydrogen) atoms. The van der Waals surface area contributed by atoms with E-state index in [1.807, 2.05) is 13.0 Å². The van der Waals surface area contributed by atoms with Crippen molar-refractivity contribution >= 4 is 0 Å². The third-order valence-electron chi connectivity index (χ3n) is 3.24. The number of rotatable bonds is 9. The van der Waals surface area contributed by atoms with Gasteiger partial charge in [-0.3, -0.25) is 0 Å². The first kappa shape index (κ1) is 16.0. The summed E-state index contributed by atoms with van der Waals surface area (Å²) in [5.74, 6) is 0.0127. The molecular weight excluding hydrogens is 241 g/mol. The van der Waals surface area contributed by atoms with Crippen LogP contribution in [0.2, 0.25) is 0 Å². The van der Waals surface area contributed by atoms with Gasteiger partial charge in [-0.25, -0.2) is 4.39 Å². The van der Waals surface area contributed by atoms with Gasteiger partial charge in [-0.2, -0.15) is 0 Å². The largest absolute Gasteiger partial charge is 0.491 e. The van der Waals surface area contributed by atoms with Crippen LogP contribution in [0.5, 0.6) is 5.75 Å². The van der Waals surface area contributed by atoms with Gasteiger partial charge in [0.05, 0.1) is 6.61 Å². The van der Waals surface area contributed by atoms with E-state index in [0.717, 1.165) is 18.4 Å². The summed E-state index contributed by atoms with van der Waals surface area (Å²) in [6, 6.07) is 4.80. The highest BCUT2D eigenvalue weighted by Gasteiger charge is 2.07. The Bertz CT molecular complexity index is 366. The standard InChI is InChI=1S/C16H26FNO/c1-3-4-5-6-7-8-11-19-16-10-9-14(13(2)18)12-15(16)17/h9-10,12-13H,3-8,11,18H2,1-2H3. The Hall–Kier alpha value is -1.09. The second-order valence-electron chi connectivity index (χ2n) is 5.09. The molecule has 0 aromatic heterocycles. The lowest BCUT2D eigenvalue weighted by molar-refractivity contribution is 0.290. The van der Waals surface area contributed by atoms with Crippen molar-refractivity contribution in [2.75, 3.05) is 6.61 Å². The van der Waals surface area contributed by atoms with Gasteiger partial charge >= 0.3 is 0 Å². The van der Waals surface area contributed by atoms with Gasteiger partial charge in [-0.1, -0.05) is 45.1 Å². The molecule has 0 aliphatic rings. The van der Waals surface area contributed by atoms with Crippen molar-refractivity contribution in [3.8, 4) is 5.75 Å². The van der Waals surface area contributed by atoms with Crippen molar-refractivity contribution in [2.45, 2.75) is 58.4 Å². The molecule has 108 valence electrons. The summed E-state index contributed by atoms with van der Waals surface area (Å²) < 4.78 is 19.2. The Morgan fingerprint density at radius 3 is 2.47 bits per heavy atom. The van der Waals surface area contributed by atoms with E-state index in [4.69, 9.17) is 10.5 Å². The molecule has 3 heteroatoms. The normalized spacial score (nSPS) is 12.4. The molecule has 0 spiro atoms. The van der Waals surface area contributed by atoms with Crippen LogP contribution in [0, 0.1) is 5.82 Å². The third-order valence-corrected chi connectivity index (χ3v) is 3.24. The smallest absolute Gasteiger partial charge is 0.165 e. The topological polar surface area (TPSA) is 35.2 Å². The average molecular weight is 267 g/mol. The van der Waals surface area contributed by atoms with Crippen molar-refractivity contribution < 1.29 is 9.13 Å². The molecule has 0 saturated carbocycles. The van der Waals surface area contributed by atoms with Crippen molar-refractivity contribution in [2.24, 2.45) is 5.73 Å². The molecule has 1 unspecified atom stereocenters. The first-order chi connectivity index (χ1) is 9.15. The molecule has 0 aliphatic heterocycles. The van der Waals surface area contributed by atoms with E-state index in [0.29, 0.717) is 12.4 Å². The molecule has 0 fully saturated rings. The maximum atomic E-state index is 13.7. The van der Waals surface area contributed by atoms with Crippen LogP contribution in [0.1, 0.15) is 64.0 Å². The Balaban J connectivity index is 2.26. The lowest BCUT2D eigenvalue weighted by Gasteiger charge is -2.10. The van der Waals surface area contributed by atoms with Crippen LogP contribution in [0.3, 0.4) is 0 Å². The van der Waals surface area contributed by atoms with E-state index >= 15 is 0 Å². The number of hydrogen-bond acceptors (Lipinski definition) is 2. The minimum Gasteiger partial charge on any atom is -0.491 e. The fourth-order valence-electron chi connectivity index (χ4n) is 1.98. The zero-order chi connectivity index (χ0) is 14.1. The average Bonchev–Trinajstić information content (AvgIpc) is 2.39. The van der Waals surface area contributed by atoms with E-state index < -0.39 is 0 Å². The fourth-order valence-corrected chi connectivity index (χ4v) is 1.98. The zero-order valence-corrected chi connectivity index (χ0v) is 12.1. The fraction of sp³-hybridized carbons (Fsp3) is 0.625. The molecule has 1 aromatic carbocycles. The molecule has 1 rings (SSSR count). The summed E-state index contributed by atoms with van der Waals surface area (Å²) in [4.78, 5) is 0. The van der Waals surface area contributed by atoms with Crippen molar-refractivity contribution in [1.29, 1.82) is 0 Å². The minimum atomic E-state index is -0.319. The number of nitrogens with two attached hydrogens (primary N) is 1. The maximum absolute atomic E-state index is 13.7. The van der Waals surface area contributed by atoms with Gasteiger partial charge in [0.25, 0.3) is 0 Å². The van der Waals surface area contributed by atoms with Gasteiger partial charge in [-0.05, 0) is 31.0 Å². The predicted molar refractivity (Wildman–Crippen MR) is 77.9 cm³/mol. The first-order valence-electron chi connectivity index (χ1n) is 7.33. The summed E-state index contributed by atoms with van der Waals surface area (Å²) in [7, 11) is 0. The molecule has 2 N–H and O–H groups in total. The van der Waals surface area contributed by atoms with Crippen molar-refractivity contribution in [3.63, 3.8) is 0 Å². The summed E-state index contributed by atoms with van der Waals surface area (Å²) in [6.07, 6.45) is 7.22. The number of ether oxygens (including phenoxy) is 1. The highest BCUT2D eigenvalue weighted by molar-refractivity contribution is 5.30. The summed E-state index contributed by atoms with van der Waals surface area (Å²) in [5, 5.41) is 0. The van der Waals surface area contributed by atoms with Gasteiger partial charge in [0.2, 0.25) is 0 Å². The van der Waals surface area contributed by atoms with E-state index in [1.165, 1.54) is 31.7 Å². The lowest BCUT2D eigenvalue weighted by atomic mass is 10.1. The zero-order valence-electron chi connectivity index (χ0n) is 12.1. The van der Waals surface area contributed by atoms with Crippen LogP contribution in [0.15, 0.2) is 18.2 Å². The number of benzene rings is 1. The Kier molecular flexibility index (Phi) is 7.49. The van der Waals surface area contributed by atoms with Crippen LogP contribution in [0.4, 0.5) is 4.39 Å². The molecule has 0 amide bonds. The molecule has 0 bridgehead atoms. The van der Waals surface area contributed by atoms with Gasteiger partial charge in [0, 0.05) is 6.04 Å². The predicted octanol–water partition coefficient (Wildman–Crippen LogP) is 4.58. The van der Waals surface area contributed by atoms with Crippen molar-refractivity contribution in [1.82, 2.24) is 0 Å². The second kappa shape index (κ2) is 8.92. The van der Waals surface area contributed by atoms with Crippen LogP contribution in [0.25, 0.3) is 0 Å². The highest BCUT2D eigenvalue weighted by Crippen LogP contribution is 2.21. The molecule has 1 aromatic rings. The second-order valence-corrected chi connectivity index (χ2v) is 5.09. The molecule has 0 aliphatic carbocycles. The summed E-state index contributed by atoms with van der Waals surface area (Å²) in [6.45, 7) is 4.63. The Morgan fingerprint density at radius 2 is 1.84 bits per heavy atom. The van der Waals surface area contributed by atoms with Gasteiger partial charge in [0.1, 0.15) is 0 Å². The van der Waals surface area contributed by atoms with Gasteiger partial charge < -0.3 is 10.5 Å². The number of hydrogen-bond donors (Lipinski definition) is 1. The molecular formula is C16H26FNO. The monoisotopic (exact) mass is 267 g/mol. The maximum Gasteiger partial charge on any atom is 0.165 e. The van der Waals surface area contributed by atoms with Crippen LogP contribution >= 0.6 is 0 Å². The number of unbranched alkanes of at least 4 members (excludes halogenated alkanes) is 5. The summed E-state index contributed by atoms with van der Waals surface area (Å²) >= 11 is 0. The molecule has 2 nitrogen and oxygen atoms in total. The van der Waals surface area contributed by atoms with Crippen molar-refractivity contribution in [3.05, 3.63) is 29.6 Å².